The number of aliphatic carboxylic acids is 2. The summed E-state index contributed by atoms with van der Waals surface area (Å²) in [4.78, 5) is 72.2. The van der Waals surface area contributed by atoms with Gasteiger partial charge in [0.15, 0.2) is 15.5 Å². The molecule has 2 aromatic rings. The van der Waals surface area contributed by atoms with Gasteiger partial charge >= 0.3 is 41.5 Å². The molecule has 1 aromatic heterocycles. The minimum absolute atomic E-state index is 0. The molecule has 1 saturated carbocycles. The number of fused-ring (bicyclic) bond motifs is 2. The molecular weight excluding hydrogens is 707 g/mol. The van der Waals surface area contributed by atoms with E-state index in [9.17, 15) is 47.4 Å². The second-order valence-electron chi connectivity index (χ2n) is 12.1. The molecule has 50 heavy (non-hydrogen) atoms. The van der Waals surface area contributed by atoms with Crippen molar-refractivity contribution in [3.05, 3.63) is 59.1 Å². The van der Waals surface area contributed by atoms with Crippen LogP contribution in [0.5, 0.6) is 0 Å². The Balaban J connectivity index is 0.000000220. The molecule has 0 spiro atoms. The van der Waals surface area contributed by atoms with Gasteiger partial charge in [0.2, 0.25) is 5.91 Å². The molecule has 3 fully saturated rings. The van der Waals surface area contributed by atoms with Gasteiger partial charge in [0, 0.05) is 30.0 Å². The molecule has 3 unspecified atom stereocenters. The summed E-state index contributed by atoms with van der Waals surface area (Å²) in [6.45, 7) is 4.35. The summed E-state index contributed by atoms with van der Waals surface area (Å²) >= 11 is 1.43. The number of amides is 2. The molecule has 6 rings (SSSR count). The molecule has 17 nitrogen and oxygen atoms in total. The van der Waals surface area contributed by atoms with Gasteiger partial charge in [0.25, 0.3) is 5.91 Å². The molecule has 1 aromatic carbocycles. The van der Waals surface area contributed by atoms with Crippen molar-refractivity contribution in [2.75, 3.05) is 12.4 Å². The van der Waals surface area contributed by atoms with Crippen LogP contribution in [-0.2, 0) is 45.1 Å². The van der Waals surface area contributed by atoms with Gasteiger partial charge in [-0.3, -0.25) is 24.0 Å². The van der Waals surface area contributed by atoms with E-state index in [1.807, 2.05) is 6.07 Å². The number of carbonyl (C=O) groups is 6. The smallest absolute Gasteiger partial charge is 0.550 e. The maximum Gasteiger partial charge on any atom is 1.00 e. The van der Waals surface area contributed by atoms with Crippen LogP contribution in [0.1, 0.15) is 49.3 Å². The number of β-lactam (4-membered cyclic amide) rings is 1. The maximum absolute atomic E-state index is 12.8. The Morgan fingerprint density at radius 3 is 2.46 bits per heavy atom. The fourth-order valence-corrected chi connectivity index (χ4v) is 10.5. The molecule has 20 heteroatoms. The number of carbonyl (C=O) groups excluding carboxylic acids is 5. The van der Waals surface area contributed by atoms with E-state index >= 15 is 0 Å². The molecule has 4 heterocycles. The van der Waals surface area contributed by atoms with Gasteiger partial charge in [-0.15, -0.1) is 16.9 Å². The number of sulfone groups is 1. The van der Waals surface area contributed by atoms with Crippen molar-refractivity contribution < 1.29 is 81.7 Å². The molecule has 0 radical (unpaired) electrons. The molecule has 7 atom stereocenters. The maximum atomic E-state index is 12.8. The molecular formula is C30H33N6NaO11S2. The van der Waals surface area contributed by atoms with Crippen LogP contribution in [-0.4, -0.2) is 103 Å². The number of carboxylic acids is 2. The number of Topliss-reactive ketones (excluding diaryl/α,β-unsaturated/α-hetero) is 1. The first-order valence-corrected chi connectivity index (χ1v) is 17.7. The van der Waals surface area contributed by atoms with E-state index in [0.29, 0.717) is 16.9 Å². The number of aromatic nitrogens is 3. The third kappa shape index (κ3) is 6.73. The van der Waals surface area contributed by atoms with Crippen LogP contribution in [0.4, 0.5) is 0 Å². The Morgan fingerprint density at radius 2 is 1.88 bits per heavy atom. The Hall–Kier alpha value is -3.62. The van der Waals surface area contributed by atoms with E-state index in [4.69, 9.17) is 10.5 Å². The number of esters is 1. The number of nitrogens with two attached hydrogens (primary N) is 1. The van der Waals surface area contributed by atoms with Crippen molar-refractivity contribution in [2.45, 2.75) is 61.2 Å². The van der Waals surface area contributed by atoms with Crippen LogP contribution in [0.2, 0.25) is 0 Å². The molecule has 262 valence electrons. The van der Waals surface area contributed by atoms with Crippen LogP contribution in [0.3, 0.4) is 0 Å². The number of ketones is 1. The molecule has 1 aliphatic carbocycles. The van der Waals surface area contributed by atoms with Crippen molar-refractivity contribution >= 4 is 57.1 Å². The number of rotatable bonds is 9. The first-order valence-electron chi connectivity index (χ1n) is 15.1. The normalized spacial score (nSPS) is 27.9. The number of nitrogens with one attached hydrogen (secondary N) is 1. The second kappa shape index (κ2) is 14.9. The summed E-state index contributed by atoms with van der Waals surface area (Å²) < 4.78 is 29.6. The van der Waals surface area contributed by atoms with E-state index in [2.05, 4.69) is 15.6 Å². The van der Waals surface area contributed by atoms with Crippen molar-refractivity contribution in [1.82, 2.24) is 25.2 Å². The number of hydrogen-bond acceptors (Lipinski definition) is 14. The Labute approximate surface area is 312 Å². The zero-order valence-electron chi connectivity index (χ0n) is 27.5. The zero-order valence-corrected chi connectivity index (χ0v) is 31.1. The van der Waals surface area contributed by atoms with E-state index in [0.717, 1.165) is 4.68 Å². The van der Waals surface area contributed by atoms with Gasteiger partial charge in [-0.1, -0.05) is 35.5 Å². The van der Waals surface area contributed by atoms with Crippen molar-refractivity contribution in [3.8, 4) is 0 Å². The van der Waals surface area contributed by atoms with Crippen LogP contribution >= 0.6 is 11.8 Å². The molecule has 2 saturated heterocycles. The monoisotopic (exact) mass is 740 g/mol. The number of hydrogen-bond donors (Lipinski definition) is 3. The quantitative estimate of drug-likeness (QED) is 0.124. The predicted molar refractivity (Wildman–Crippen MR) is 167 cm³/mol. The summed E-state index contributed by atoms with van der Waals surface area (Å²) in [7, 11) is -3.92. The predicted octanol–water partition coefficient (Wildman–Crippen LogP) is -4.59. The number of nitrogens with zero attached hydrogens (tertiary/aromatic N) is 4. The van der Waals surface area contributed by atoms with Gasteiger partial charge in [-0.2, -0.15) is 0 Å². The molecule has 2 amide bonds. The van der Waals surface area contributed by atoms with Crippen molar-refractivity contribution in [1.29, 1.82) is 0 Å². The van der Waals surface area contributed by atoms with Crippen molar-refractivity contribution in [2.24, 2.45) is 17.6 Å². The first-order chi connectivity index (χ1) is 23.0. The fourth-order valence-electron chi connectivity index (χ4n) is 6.52. The van der Waals surface area contributed by atoms with E-state index in [1.165, 1.54) is 29.8 Å². The Kier molecular flexibility index (Phi) is 11.7. The largest absolute Gasteiger partial charge is 1.00 e. The summed E-state index contributed by atoms with van der Waals surface area (Å²) in [5.41, 5.74) is 7.12. The third-order valence-electron chi connectivity index (χ3n) is 9.09. The van der Waals surface area contributed by atoms with Crippen LogP contribution in [0.15, 0.2) is 47.8 Å². The van der Waals surface area contributed by atoms with Crippen LogP contribution in [0, 0.1) is 11.8 Å². The van der Waals surface area contributed by atoms with Gasteiger partial charge in [0.1, 0.15) is 28.9 Å². The van der Waals surface area contributed by atoms with Crippen LogP contribution in [0.25, 0.3) is 0 Å². The van der Waals surface area contributed by atoms with E-state index in [1.54, 1.807) is 38.1 Å². The number of ether oxygens (including phenoxy) is 1. The molecule has 0 bridgehead atoms. The van der Waals surface area contributed by atoms with Gasteiger partial charge < -0.3 is 30.8 Å². The summed E-state index contributed by atoms with van der Waals surface area (Å²) in [5, 5.41) is 29.4. The third-order valence-corrected chi connectivity index (χ3v) is 13.5. The van der Waals surface area contributed by atoms with E-state index < -0.39 is 84.6 Å². The van der Waals surface area contributed by atoms with E-state index in [-0.39, 0.29) is 60.5 Å². The molecule has 4 aliphatic rings. The first kappa shape index (κ1) is 39.2. The van der Waals surface area contributed by atoms with Gasteiger partial charge in [-0.25, -0.2) is 18.0 Å². The Bertz CT molecular complexity index is 1870. The van der Waals surface area contributed by atoms with Crippen LogP contribution < -0.4 is 45.7 Å². The SMILES string of the molecule is CC1=C(C(=O)O)N2C(=O)[C@@H](NC(=O)C(N)c3ccccc3)[C@H]2SC1.CCOC(=O)c1cn(C[C@@]2(C)[C@H](C(=O)[O-])C3C(=O)CC3S2(=O)=O)nn1.[Na+]. The number of thioether (sulfide) groups is 1. The van der Waals surface area contributed by atoms with Crippen molar-refractivity contribution in [3.63, 3.8) is 0 Å². The van der Waals surface area contributed by atoms with Gasteiger partial charge in [-0.05, 0) is 31.9 Å². The number of carboxylic acid groups (broad SMARTS) is 2. The summed E-state index contributed by atoms with van der Waals surface area (Å²) in [5.74, 6) is -6.76. The van der Waals surface area contributed by atoms with Gasteiger partial charge in [0.05, 0.1) is 29.3 Å². The summed E-state index contributed by atoms with van der Waals surface area (Å²) in [6.07, 6.45) is 1.00. The standard InChI is InChI=1S/C16H17N3O4S.C14H17N3O7S.Na/c1-8-7-24-15-11(14(21)19(15)12(8)16(22)23)18-13(20)10(17)9-5-3-2-4-6-9;1-3-24-13(21)7-5-17(16-15-7)6-14(2)11(12(19)20)10-8(18)4-9(10)25(14,22)23;/h2-6,10-11,15H,7,17H2,1H3,(H,18,20)(H,22,23);5,9-11H,3-4,6H2,1-2H3,(H,19,20);/q;;+1/p-1/t10?,11-,15-;9?,10?,11-,14-;/m10./s1. The number of benzene rings is 1. The minimum atomic E-state index is -3.92. The zero-order chi connectivity index (χ0) is 36.0. The molecule has 4 N–H and O–H groups in total. The average Bonchev–Trinajstić information content (AvgIpc) is 3.57. The summed E-state index contributed by atoms with van der Waals surface area (Å²) in [6, 6.07) is 7.23. The topological polar surface area (TPSA) is 261 Å². The molecule has 3 aliphatic heterocycles. The fraction of sp³-hybridized carbons (Fsp3) is 0.467. The Morgan fingerprint density at radius 1 is 1.22 bits per heavy atom. The minimum Gasteiger partial charge on any atom is -0.550 e. The average molecular weight is 741 g/mol. The second-order valence-corrected chi connectivity index (χ2v) is 15.9.